The van der Waals surface area contributed by atoms with Gasteiger partial charge in [0.1, 0.15) is 5.69 Å². The highest BCUT2D eigenvalue weighted by atomic mass is 16.2. The third-order valence-corrected chi connectivity index (χ3v) is 3.92. The number of nitrogens with zero attached hydrogens (tertiary/aromatic N) is 3. The summed E-state index contributed by atoms with van der Waals surface area (Å²) < 4.78 is 0. The van der Waals surface area contributed by atoms with Gasteiger partial charge in [-0.05, 0) is 13.0 Å². The minimum atomic E-state index is -0.989. The second-order valence-corrected chi connectivity index (χ2v) is 6.28. The Morgan fingerprint density at radius 3 is 2.26 bits per heavy atom. The average molecular weight is 320 g/mol. The second kappa shape index (κ2) is 6.39. The van der Waals surface area contributed by atoms with Crippen LogP contribution in [0.4, 0.5) is 0 Å². The summed E-state index contributed by atoms with van der Waals surface area (Å²) in [7, 11) is 0. The molecule has 1 fully saturated rings. The Kier molecular flexibility index (Phi) is 4.72. The van der Waals surface area contributed by atoms with Gasteiger partial charge >= 0.3 is 0 Å². The number of aromatic amines is 1. The van der Waals surface area contributed by atoms with E-state index in [2.05, 4.69) is 10.2 Å². The van der Waals surface area contributed by atoms with E-state index < -0.39 is 11.3 Å². The highest BCUT2D eigenvalue weighted by Crippen LogP contribution is 2.20. The summed E-state index contributed by atoms with van der Waals surface area (Å²) >= 11 is 0. The maximum atomic E-state index is 12.3. The van der Waals surface area contributed by atoms with Gasteiger partial charge in [0.05, 0.1) is 11.8 Å². The van der Waals surface area contributed by atoms with Gasteiger partial charge < -0.3 is 15.5 Å². The molecule has 0 spiro atoms. The number of primary amides is 1. The summed E-state index contributed by atoms with van der Waals surface area (Å²) in [4.78, 5) is 39.1. The summed E-state index contributed by atoms with van der Waals surface area (Å²) in [5.74, 6) is -0.937. The van der Waals surface area contributed by atoms with Crippen molar-refractivity contribution in [2.75, 3.05) is 26.2 Å². The Morgan fingerprint density at radius 2 is 1.78 bits per heavy atom. The summed E-state index contributed by atoms with van der Waals surface area (Å²) in [6.45, 7) is 6.73. The van der Waals surface area contributed by atoms with Crippen LogP contribution < -0.4 is 5.73 Å². The Balaban J connectivity index is 1.90. The van der Waals surface area contributed by atoms with Crippen molar-refractivity contribution in [3.05, 3.63) is 23.9 Å². The Labute approximate surface area is 135 Å². The van der Waals surface area contributed by atoms with Crippen LogP contribution in [-0.4, -0.2) is 63.9 Å². The lowest BCUT2D eigenvalue weighted by atomic mass is 9.88. The van der Waals surface area contributed by atoms with E-state index >= 15 is 0 Å². The Morgan fingerprint density at radius 1 is 1.22 bits per heavy atom. The molecule has 8 heteroatoms. The summed E-state index contributed by atoms with van der Waals surface area (Å²) in [6, 6.07) is 1.70. The number of hydrogen-bond donors (Lipinski definition) is 2. The Bertz CT molecular complexity index is 614. The number of rotatable bonds is 4. The lowest BCUT2D eigenvalue weighted by Gasteiger charge is -2.35. The molecule has 3 N–H and O–H groups in total. The third-order valence-electron chi connectivity index (χ3n) is 3.92. The number of nitrogens with two attached hydrogens (primary N) is 1. The van der Waals surface area contributed by atoms with Crippen LogP contribution in [0.25, 0.3) is 0 Å². The molecule has 8 nitrogen and oxygen atoms in total. The van der Waals surface area contributed by atoms with E-state index in [1.807, 2.05) is 6.92 Å². The zero-order valence-corrected chi connectivity index (χ0v) is 13.6. The van der Waals surface area contributed by atoms with Gasteiger partial charge in [-0.15, -0.1) is 0 Å². The number of aryl methyl sites for hydroxylation is 1. The first kappa shape index (κ1) is 17.0. The van der Waals surface area contributed by atoms with Gasteiger partial charge in [-0.2, -0.15) is 5.10 Å². The molecule has 2 heterocycles. The minimum absolute atomic E-state index is 0.150. The fourth-order valence-electron chi connectivity index (χ4n) is 2.29. The molecule has 0 saturated carbocycles. The monoisotopic (exact) mass is 320 g/mol. The van der Waals surface area contributed by atoms with E-state index in [1.54, 1.807) is 29.7 Å². The number of nitrogens with one attached hydrogen (secondary N) is 1. The van der Waals surface area contributed by atoms with Gasteiger partial charge in [0.25, 0.3) is 5.91 Å². The molecule has 0 aromatic carbocycles. The number of hydrogen-bond acceptors (Lipinski definition) is 4. The van der Waals surface area contributed by atoms with Crippen molar-refractivity contribution in [2.24, 2.45) is 11.1 Å². The largest absolute Gasteiger partial charge is 0.369 e. The van der Waals surface area contributed by atoms with Crippen LogP contribution in [0.2, 0.25) is 0 Å². The zero-order valence-electron chi connectivity index (χ0n) is 13.6. The van der Waals surface area contributed by atoms with E-state index in [9.17, 15) is 14.4 Å². The van der Waals surface area contributed by atoms with Crippen molar-refractivity contribution >= 4 is 17.7 Å². The summed E-state index contributed by atoms with van der Waals surface area (Å²) in [6.07, 6.45) is 1.34. The summed E-state index contributed by atoms with van der Waals surface area (Å²) in [5.41, 5.74) is 5.49. The summed E-state index contributed by atoms with van der Waals surface area (Å²) in [5, 5.41) is 6.70. The lowest BCUT2D eigenvalue weighted by Crippen LogP contribution is -2.52. The number of piperazine rings is 1. The number of carbonyl (C=O) groups excluding carboxylic acids is 3. The predicted molar refractivity (Wildman–Crippen MR) is 83.1 cm³/mol. The maximum Gasteiger partial charge on any atom is 0.274 e. The maximum absolute atomic E-state index is 12.3. The topological polar surface area (TPSA) is 112 Å². The molecule has 1 aliphatic rings. The van der Waals surface area contributed by atoms with Crippen LogP contribution in [0, 0.1) is 18.8 Å². The van der Waals surface area contributed by atoms with E-state index in [0.717, 1.165) is 5.69 Å². The Hall–Kier alpha value is -2.38. The second-order valence-electron chi connectivity index (χ2n) is 6.28. The van der Waals surface area contributed by atoms with Crippen molar-refractivity contribution in [1.82, 2.24) is 20.0 Å². The van der Waals surface area contributed by atoms with Crippen LogP contribution in [0.1, 0.15) is 30.0 Å². The van der Waals surface area contributed by atoms with Gasteiger partial charge in [0.15, 0.2) is 0 Å². The van der Waals surface area contributed by atoms with Crippen molar-refractivity contribution in [3.63, 3.8) is 0 Å². The average Bonchev–Trinajstić information content (AvgIpc) is 2.92. The smallest absolute Gasteiger partial charge is 0.274 e. The predicted octanol–water partition coefficient (Wildman–Crippen LogP) is -0.282. The molecule has 23 heavy (non-hydrogen) atoms. The van der Waals surface area contributed by atoms with Crippen LogP contribution >= 0.6 is 0 Å². The molecule has 2 rings (SSSR count). The quantitative estimate of drug-likeness (QED) is 0.794. The number of H-pyrrole nitrogens is 1. The van der Waals surface area contributed by atoms with Crippen molar-refractivity contribution in [2.45, 2.75) is 20.8 Å². The van der Waals surface area contributed by atoms with Crippen LogP contribution in [0.15, 0.2) is 6.07 Å². The highest BCUT2D eigenvalue weighted by molar-refractivity contribution is 5.95. The zero-order chi connectivity index (χ0) is 17.2. The van der Waals surface area contributed by atoms with Crippen molar-refractivity contribution in [3.8, 4) is 0 Å². The van der Waals surface area contributed by atoms with Gasteiger partial charge in [-0.3, -0.25) is 19.5 Å². The normalized spacial score (nSPS) is 15.6. The van der Waals surface area contributed by atoms with Gasteiger partial charge in [0, 0.05) is 31.9 Å². The van der Waals surface area contributed by atoms with Gasteiger partial charge in [-0.25, -0.2) is 0 Å². The standard InChI is InChI=1S/C15H22N5O3/c1-10-8-11(18-17-10)13(22)20-6-4-19(5-7-20)12(21)9-15(2,3)14(16)23/h8-9H,4-7H2,1-3H3,(H2,16,23)(H,17,18). The third kappa shape index (κ3) is 3.88. The molecule has 0 unspecified atom stereocenters. The fourth-order valence-corrected chi connectivity index (χ4v) is 2.29. The van der Waals surface area contributed by atoms with Crippen molar-refractivity contribution in [1.29, 1.82) is 0 Å². The number of amides is 3. The number of aromatic nitrogens is 2. The van der Waals surface area contributed by atoms with E-state index in [-0.39, 0.29) is 11.8 Å². The van der Waals surface area contributed by atoms with Crippen molar-refractivity contribution < 1.29 is 14.4 Å². The molecule has 1 aliphatic heterocycles. The molecule has 3 amide bonds. The molecule has 0 aliphatic carbocycles. The van der Waals surface area contributed by atoms with E-state index in [4.69, 9.17) is 5.73 Å². The van der Waals surface area contributed by atoms with Gasteiger partial charge in [-0.1, -0.05) is 13.8 Å². The first-order chi connectivity index (χ1) is 10.7. The van der Waals surface area contributed by atoms with Crippen LogP contribution in [0.3, 0.4) is 0 Å². The molecule has 1 aromatic rings. The lowest BCUT2D eigenvalue weighted by molar-refractivity contribution is -0.134. The van der Waals surface area contributed by atoms with Crippen LogP contribution in [0.5, 0.6) is 0 Å². The fraction of sp³-hybridized carbons (Fsp3) is 0.533. The first-order valence-corrected chi connectivity index (χ1v) is 7.47. The molecule has 1 radical (unpaired) electrons. The molecule has 1 saturated heterocycles. The molecular weight excluding hydrogens is 298 g/mol. The molecule has 125 valence electrons. The highest BCUT2D eigenvalue weighted by Gasteiger charge is 2.33. The molecule has 0 bridgehead atoms. The number of carbonyl (C=O) groups is 3. The molecular formula is C15H22N5O3. The SMILES string of the molecule is Cc1cc(C(=O)N2CCN(C(=O)[CH]C(C)(C)C(N)=O)CC2)n[nH]1. The molecule has 1 aromatic heterocycles. The van der Waals surface area contributed by atoms with E-state index in [1.165, 1.54) is 6.42 Å². The van der Waals surface area contributed by atoms with Gasteiger partial charge in [0.2, 0.25) is 11.8 Å². The minimum Gasteiger partial charge on any atom is -0.369 e. The first-order valence-electron chi connectivity index (χ1n) is 7.47. The molecule has 0 atom stereocenters. The van der Waals surface area contributed by atoms with Crippen LogP contribution in [-0.2, 0) is 9.59 Å². The van der Waals surface area contributed by atoms with E-state index in [0.29, 0.717) is 31.9 Å².